The largest absolute Gasteiger partial charge is 0.444 e. The number of aryl methyl sites for hydroxylation is 1. The van der Waals surface area contributed by atoms with Crippen molar-refractivity contribution in [3.63, 3.8) is 0 Å². The topological polar surface area (TPSA) is 62.7 Å². The number of amides is 2. The van der Waals surface area contributed by atoms with Gasteiger partial charge in [-0.15, -0.1) is 0 Å². The number of nitrogens with zero attached hydrogens (tertiary/aromatic N) is 3. The van der Waals surface area contributed by atoms with Crippen molar-refractivity contribution in [1.29, 1.82) is 0 Å². The van der Waals surface area contributed by atoms with E-state index in [2.05, 4.69) is 4.98 Å². The highest BCUT2D eigenvalue weighted by atomic mass is 35.5. The van der Waals surface area contributed by atoms with Crippen LogP contribution in [0.2, 0.25) is 5.15 Å². The van der Waals surface area contributed by atoms with E-state index >= 15 is 0 Å². The van der Waals surface area contributed by atoms with Gasteiger partial charge in [-0.3, -0.25) is 4.79 Å². The highest BCUT2D eigenvalue weighted by Gasteiger charge is 2.33. The second-order valence-corrected chi connectivity index (χ2v) is 7.43. The summed E-state index contributed by atoms with van der Waals surface area (Å²) in [5, 5.41) is 0.368. The lowest BCUT2D eigenvalue weighted by molar-refractivity contribution is 0.00196. The Morgan fingerprint density at radius 3 is 2.50 bits per heavy atom. The van der Waals surface area contributed by atoms with Crippen molar-refractivity contribution in [2.45, 2.75) is 46.3 Å². The van der Waals surface area contributed by atoms with Crippen LogP contribution in [-0.4, -0.2) is 58.1 Å². The van der Waals surface area contributed by atoms with E-state index < -0.39 is 5.60 Å². The van der Waals surface area contributed by atoms with E-state index in [4.69, 9.17) is 16.3 Å². The van der Waals surface area contributed by atoms with E-state index in [1.807, 2.05) is 27.7 Å². The van der Waals surface area contributed by atoms with Gasteiger partial charge in [-0.1, -0.05) is 11.6 Å². The minimum atomic E-state index is -0.532. The zero-order valence-electron chi connectivity index (χ0n) is 14.8. The molecular weight excluding hydrogens is 330 g/mol. The maximum Gasteiger partial charge on any atom is 0.410 e. The molecule has 0 spiro atoms. The van der Waals surface area contributed by atoms with Crippen molar-refractivity contribution in [1.82, 2.24) is 14.8 Å². The maximum atomic E-state index is 12.7. The van der Waals surface area contributed by atoms with Crippen LogP contribution in [0.5, 0.6) is 0 Å². The third-order valence-electron chi connectivity index (χ3n) is 3.82. The summed E-state index contributed by atoms with van der Waals surface area (Å²) in [6, 6.07) is 3.19. The molecule has 132 valence electrons. The standard InChI is InChI=1S/C17H24ClN3O3/c1-11-10-20(8-9-21(11)16(23)24-17(3,4)5)15(22)13-6-7-14(18)19-12(13)2/h6-7,11H,8-10H2,1-5H3/t11-/m0/s1. The van der Waals surface area contributed by atoms with Gasteiger partial charge in [-0.25, -0.2) is 9.78 Å². The second kappa shape index (κ2) is 6.97. The van der Waals surface area contributed by atoms with Gasteiger partial charge < -0.3 is 14.5 Å². The van der Waals surface area contributed by atoms with Gasteiger partial charge in [-0.05, 0) is 46.8 Å². The van der Waals surface area contributed by atoms with Crippen molar-refractivity contribution in [3.05, 3.63) is 28.5 Å². The van der Waals surface area contributed by atoms with Crippen LogP contribution in [0.3, 0.4) is 0 Å². The Labute approximate surface area is 147 Å². The SMILES string of the molecule is Cc1nc(Cl)ccc1C(=O)N1CCN(C(=O)OC(C)(C)C)[C@@H](C)C1. The molecule has 0 bridgehead atoms. The second-order valence-electron chi connectivity index (χ2n) is 7.04. The first kappa shape index (κ1) is 18.5. The predicted octanol–water partition coefficient (Wildman–Crippen LogP) is 3.12. The van der Waals surface area contributed by atoms with Crippen LogP contribution in [0.4, 0.5) is 4.79 Å². The summed E-state index contributed by atoms with van der Waals surface area (Å²) in [5.41, 5.74) is 0.614. The molecule has 0 unspecified atom stereocenters. The number of aromatic nitrogens is 1. The van der Waals surface area contributed by atoms with Crippen LogP contribution in [0.1, 0.15) is 43.7 Å². The van der Waals surface area contributed by atoms with Gasteiger partial charge in [0, 0.05) is 25.7 Å². The van der Waals surface area contributed by atoms with Crippen LogP contribution in [0.25, 0.3) is 0 Å². The van der Waals surface area contributed by atoms with Gasteiger partial charge in [-0.2, -0.15) is 0 Å². The fraction of sp³-hybridized carbons (Fsp3) is 0.588. The Morgan fingerprint density at radius 2 is 1.96 bits per heavy atom. The fourth-order valence-electron chi connectivity index (χ4n) is 2.66. The smallest absolute Gasteiger partial charge is 0.410 e. The molecule has 2 amide bonds. The summed E-state index contributed by atoms with van der Waals surface area (Å²) < 4.78 is 5.42. The van der Waals surface area contributed by atoms with Crippen LogP contribution < -0.4 is 0 Å². The summed E-state index contributed by atoms with van der Waals surface area (Å²) in [4.78, 5) is 32.5. The van der Waals surface area contributed by atoms with E-state index in [9.17, 15) is 9.59 Å². The zero-order chi connectivity index (χ0) is 18.1. The molecule has 1 aliphatic rings. The van der Waals surface area contributed by atoms with Crippen molar-refractivity contribution in [2.24, 2.45) is 0 Å². The number of pyridine rings is 1. The Kier molecular flexibility index (Phi) is 5.38. The number of carbonyl (C=O) groups is 2. The number of halogens is 1. The number of carbonyl (C=O) groups excluding carboxylic acids is 2. The molecular formula is C17H24ClN3O3. The maximum absolute atomic E-state index is 12.7. The molecule has 1 atom stereocenters. The van der Waals surface area contributed by atoms with Gasteiger partial charge in [0.1, 0.15) is 10.8 Å². The lowest BCUT2D eigenvalue weighted by atomic mass is 10.1. The minimum Gasteiger partial charge on any atom is -0.444 e. The fourth-order valence-corrected chi connectivity index (χ4v) is 2.85. The summed E-state index contributed by atoms with van der Waals surface area (Å²) in [7, 11) is 0. The molecule has 1 aliphatic heterocycles. The molecule has 2 heterocycles. The van der Waals surface area contributed by atoms with Gasteiger partial charge in [0.15, 0.2) is 0 Å². The van der Waals surface area contributed by atoms with E-state index in [0.29, 0.717) is 36.0 Å². The first-order chi connectivity index (χ1) is 11.1. The quantitative estimate of drug-likeness (QED) is 0.728. The van der Waals surface area contributed by atoms with E-state index in [1.54, 1.807) is 28.9 Å². The van der Waals surface area contributed by atoms with Crippen LogP contribution in [-0.2, 0) is 4.74 Å². The molecule has 1 aromatic rings. The van der Waals surface area contributed by atoms with Crippen LogP contribution in [0, 0.1) is 6.92 Å². The molecule has 7 heteroatoms. The van der Waals surface area contributed by atoms with E-state index in [1.165, 1.54) is 0 Å². The van der Waals surface area contributed by atoms with Crippen molar-refractivity contribution < 1.29 is 14.3 Å². The molecule has 1 saturated heterocycles. The summed E-state index contributed by atoms with van der Waals surface area (Å²) in [6.07, 6.45) is -0.341. The van der Waals surface area contributed by atoms with Crippen LogP contribution >= 0.6 is 11.6 Å². The third-order valence-corrected chi connectivity index (χ3v) is 4.04. The molecule has 2 rings (SSSR count). The summed E-state index contributed by atoms with van der Waals surface area (Å²) in [6.45, 7) is 10.6. The molecule has 0 saturated carbocycles. The van der Waals surface area contributed by atoms with Crippen molar-refractivity contribution in [2.75, 3.05) is 19.6 Å². The number of hydrogen-bond acceptors (Lipinski definition) is 4. The number of ether oxygens (including phenoxy) is 1. The molecule has 1 aromatic heterocycles. The average Bonchev–Trinajstić information content (AvgIpc) is 2.44. The third kappa shape index (κ3) is 4.38. The normalized spacial score (nSPS) is 18.5. The molecule has 6 nitrogen and oxygen atoms in total. The average molecular weight is 354 g/mol. The molecule has 1 fully saturated rings. The molecule has 24 heavy (non-hydrogen) atoms. The zero-order valence-corrected chi connectivity index (χ0v) is 15.6. The lowest BCUT2D eigenvalue weighted by Crippen LogP contribution is -2.56. The molecule has 0 aliphatic carbocycles. The molecule has 0 N–H and O–H groups in total. The van der Waals surface area contributed by atoms with Gasteiger partial charge >= 0.3 is 6.09 Å². The Balaban J connectivity index is 2.05. The van der Waals surface area contributed by atoms with E-state index in [0.717, 1.165) is 0 Å². The summed E-state index contributed by atoms with van der Waals surface area (Å²) >= 11 is 5.84. The summed E-state index contributed by atoms with van der Waals surface area (Å²) in [5.74, 6) is -0.0904. The first-order valence-corrected chi connectivity index (χ1v) is 8.38. The molecule has 0 radical (unpaired) electrons. The highest BCUT2D eigenvalue weighted by molar-refractivity contribution is 6.29. The van der Waals surface area contributed by atoms with Gasteiger partial charge in [0.2, 0.25) is 0 Å². The number of hydrogen-bond donors (Lipinski definition) is 0. The van der Waals surface area contributed by atoms with Crippen molar-refractivity contribution >= 4 is 23.6 Å². The Morgan fingerprint density at radius 1 is 1.29 bits per heavy atom. The lowest BCUT2D eigenvalue weighted by Gasteiger charge is -2.40. The van der Waals surface area contributed by atoms with Crippen LogP contribution in [0.15, 0.2) is 12.1 Å². The van der Waals surface area contributed by atoms with Gasteiger partial charge in [0.25, 0.3) is 5.91 Å². The molecule has 0 aromatic carbocycles. The van der Waals surface area contributed by atoms with Crippen molar-refractivity contribution in [3.8, 4) is 0 Å². The number of piperazine rings is 1. The highest BCUT2D eigenvalue weighted by Crippen LogP contribution is 2.19. The van der Waals surface area contributed by atoms with E-state index in [-0.39, 0.29) is 18.0 Å². The Hall–Kier alpha value is -1.82. The minimum absolute atomic E-state index is 0.0904. The Bertz CT molecular complexity index is 642. The number of rotatable bonds is 1. The predicted molar refractivity (Wildman–Crippen MR) is 92.3 cm³/mol. The first-order valence-electron chi connectivity index (χ1n) is 8.00. The monoisotopic (exact) mass is 353 g/mol. The van der Waals surface area contributed by atoms with Gasteiger partial charge in [0.05, 0.1) is 11.3 Å².